The summed E-state index contributed by atoms with van der Waals surface area (Å²) in [5.41, 5.74) is 1.45. The summed E-state index contributed by atoms with van der Waals surface area (Å²) >= 11 is 0. The van der Waals surface area contributed by atoms with Crippen LogP contribution in [0.15, 0.2) is 35.1 Å². The third-order valence-electron chi connectivity index (χ3n) is 2.12. The first kappa shape index (κ1) is 8.81. The predicted octanol–water partition coefficient (Wildman–Crippen LogP) is 2.61. The molecule has 0 unspecified atom stereocenters. The Balaban J connectivity index is 2.54. The summed E-state index contributed by atoms with van der Waals surface area (Å²) < 4.78 is 5.20. The first-order chi connectivity index (χ1) is 6.83. The summed E-state index contributed by atoms with van der Waals surface area (Å²) in [5.74, 6) is 1.03. The van der Waals surface area contributed by atoms with Crippen LogP contribution in [0.4, 0.5) is 0 Å². The van der Waals surface area contributed by atoms with Crippen molar-refractivity contribution in [1.29, 1.82) is 0 Å². The minimum absolute atomic E-state index is 0.233. The van der Waals surface area contributed by atoms with Gasteiger partial charge in [-0.05, 0) is 12.1 Å². The summed E-state index contributed by atoms with van der Waals surface area (Å²) in [6, 6.07) is 7.11. The van der Waals surface area contributed by atoms with Crippen LogP contribution in [-0.4, -0.2) is 10.1 Å². The number of nitrogens with zero attached hydrogens (tertiary/aromatic N) is 1. The zero-order valence-corrected chi connectivity index (χ0v) is 7.90. The predicted molar refractivity (Wildman–Crippen MR) is 53.0 cm³/mol. The van der Waals surface area contributed by atoms with Gasteiger partial charge >= 0.3 is 0 Å². The molecule has 0 atom stereocenters. The molecule has 0 fully saturated rings. The molecule has 3 heteroatoms. The molecule has 0 saturated carbocycles. The first-order valence-electron chi connectivity index (χ1n) is 4.53. The van der Waals surface area contributed by atoms with Crippen molar-refractivity contribution in [2.75, 3.05) is 0 Å². The number of phenolic OH excluding ortho intramolecular Hbond substituents is 1. The van der Waals surface area contributed by atoms with E-state index in [4.69, 9.17) is 4.42 Å². The summed E-state index contributed by atoms with van der Waals surface area (Å²) in [5, 5.41) is 9.62. The normalized spacial score (nSPS) is 10.4. The number of benzene rings is 1. The van der Waals surface area contributed by atoms with Gasteiger partial charge in [-0.25, -0.2) is 4.98 Å². The molecule has 0 aliphatic carbocycles. The van der Waals surface area contributed by atoms with Gasteiger partial charge in [-0.2, -0.15) is 0 Å². The quantitative estimate of drug-likeness (QED) is 0.789. The summed E-state index contributed by atoms with van der Waals surface area (Å²) in [4.78, 5) is 4.09. The van der Waals surface area contributed by atoms with Gasteiger partial charge in [-0.1, -0.05) is 19.1 Å². The second-order valence-electron chi connectivity index (χ2n) is 2.99. The van der Waals surface area contributed by atoms with Crippen LogP contribution in [0.3, 0.4) is 0 Å². The molecule has 1 N–H and O–H groups in total. The molecule has 14 heavy (non-hydrogen) atoms. The molecule has 0 amide bonds. The molecular weight excluding hydrogens is 178 g/mol. The van der Waals surface area contributed by atoms with Crippen LogP contribution >= 0.6 is 0 Å². The fraction of sp³-hybridized carbons (Fsp3) is 0.182. The van der Waals surface area contributed by atoms with E-state index in [1.54, 1.807) is 12.1 Å². The molecule has 0 aliphatic heterocycles. The van der Waals surface area contributed by atoms with Crippen LogP contribution < -0.4 is 0 Å². The van der Waals surface area contributed by atoms with Crippen LogP contribution in [-0.2, 0) is 6.42 Å². The van der Waals surface area contributed by atoms with Gasteiger partial charge in [0.2, 0.25) is 0 Å². The number of hydrogen-bond donors (Lipinski definition) is 1. The molecule has 3 nitrogen and oxygen atoms in total. The highest BCUT2D eigenvalue weighted by atomic mass is 16.3. The van der Waals surface area contributed by atoms with E-state index >= 15 is 0 Å². The monoisotopic (exact) mass is 189 g/mol. The van der Waals surface area contributed by atoms with Crippen LogP contribution in [0, 0.1) is 0 Å². The third-order valence-corrected chi connectivity index (χ3v) is 2.12. The van der Waals surface area contributed by atoms with E-state index in [1.165, 1.54) is 6.39 Å². The molecule has 1 aromatic heterocycles. The average molecular weight is 189 g/mol. The smallest absolute Gasteiger partial charge is 0.181 e. The Morgan fingerprint density at radius 1 is 1.36 bits per heavy atom. The van der Waals surface area contributed by atoms with Gasteiger partial charge in [0.25, 0.3) is 0 Å². The van der Waals surface area contributed by atoms with Crippen molar-refractivity contribution >= 4 is 0 Å². The van der Waals surface area contributed by atoms with E-state index in [9.17, 15) is 5.11 Å². The van der Waals surface area contributed by atoms with Gasteiger partial charge < -0.3 is 9.52 Å². The highest BCUT2D eigenvalue weighted by Gasteiger charge is 2.11. The topological polar surface area (TPSA) is 46.3 Å². The molecule has 0 spiro atoms. The molecule has 1 aromatic carbocycles. The van der Waals surface area contributed by atoms with Crippen LogP contribution in [0.5, 0.6) is 5.75 Å². The zero-order valence-electron chi connectivity index (χ0n) is 7.90. The molecule has 0 bridgehead atoms. The van der Waals surface area contributed by atoms with Crippen molar-refractivity contribution in [3.8, 4) is 17.0 Å². The van der Waals surface area contributed by atoms with Gasteiger partial charge in [-0.15, -0.1) is 0 Å². The molecule has 2 rings (SSSR count). The van der Waals surface area contributed by atoms with E-state index in [2.05, 4.69) is 4.98 Å². The Bertz CT molecular complexity index is 434. The molecular formula is C11H11NO2. The second-order valence-corrected chi connectivity index (χ2v) is 2.99. The number of aromatic hydroxyl groups is 1. The molecule has 0 radical (unpaired) electrons. The average Bonchev–Trinajstić information content (AvgIpc) is 2.66. The maximum absolute atomic E-state index is 9.62. The van der Waals surface area contributed by atoms with Gasteiger partial charge in [0.1, 0.15) is 17.2 Å². The zero-order chi connectivity index (χ0) is 9.97. The first-order valence-corrected chi connectivity index (χ1v) is 4.53. The lowest BCUT2D eigenvalue weighted by atomic mass is 10.1. The molecule has 72 valence electrons. The number of hydrogen-bond acceptors (Lipinski definition) is 3. The molecule has 0 aliphatic rings. The standard InChI is InChI=1S/C11H11NO2/c1-2-10-11(12-7-14-10)8-5-3-4-6-9(8)13/h3-7,13H,2H2,1H3. The Morgan fingerprint density at radius 2 is 2.14 bits per heavy atom. The van der Waals surface area contributed by atoms with Crippen molar-refractivity contribution in [1.82, 2.24) is 4.98 Å². The summed E-state index contributed by atoms with van der Waals surface area (Å²) in [7, 11) is 0. The lowest BCUT2D eigenvalue weighted by Gasteiger charge is -2.01. The van der Waals surface area contributed by atoms with Crippen molar-refractivity contribution in [2.24, 2.45) is 0 Å². The number of para-hydroxylation sites is 1. The molecule has 0 saturated heterocycles. The van der Waals surface area contributed by atoms with Gasteiger partial charge in [-0.3, -0.25) is 0 Å². The number of phenols is 1. The SMILES string of the molecule is CCc1ocnc1-c1ccccc1O. The van der Waals surface area contributed by atoms with E-state index in [1.807, 2.05) is 19.1 Å². The van der Waals surface area contributed by atoms with Crippen molar-refractivity contribution in [3.63, 3.8) is 0 Å². The van der Waals surface area contributed by atoms with E-state index in [-0.39, 0.29) is 5.75 Å². The third kappa shape index (κ3) is 1.37. The van der Waals surface area contributed by atoms with E-state index < -0.39 is 0 Å². The highest BCUT2D eigenvalue weighted by molar-refractivity contribution is 5.67. The van der Waals surface area contributed by atoms with Crippen LogP contribution in [0.25, 0.3) is 11.3 Å². The number of oxazole rings is 1. The minimum Gasteiger partial charge on any atom is -0.507 e. The Morgan fingerprint density at radius 3 is 2.86 bits per heavy atom. The summed E-state index contributed by atoms with van der Waals surface area (Å²) in [6.07, 6.45) is 2.17. The van der Waals surface area contributed by atoms with E-state index in [0.717, 1.165) is 23.4 Å². The fourth-order valence-electron chi connectivity index (χ4n) is 1.41. The van der Waals surface area contributed by atoms with Crippen molar-refractivity contribution in [2.45, 2.75) is 13.3 Å². The fourth-order valence-corrected chi connectivity index (χ4v) is 1.41. The summed E-state index contributed by atoms with van der Waals surface area (Å²) in [6.45, 7) is 1.99. The minimum atomic E-state index is 0.233. The van der Waals surface area contributed by atoms with Gasteiger partial charge in [0, 0.05) is 12.0 Å². The second kappa shape index (κ2) is 3.54. The van der Waals surface area contributed by atoms with E-state index in [0.29, 0.717) is 0 Å². The van der Waals surface area contributed by atoms with Crippen LogP contribution in [0.2, 0.25) is 0 Å². The highest BCUT2D eigenvalue weighted by Crippen LogP contribution is 2.29. The van der Waals surface area contributed by atoms with Crippen LogP contribution in [0.1, 0.15) is 12.7 Å². The van der Waals surface area contributed by atoms with Crippen molar-refractivity contribution in [3.05, 3.63) is 36.4 Å². The maximum atomic E-state index is 9.62. The maximum Gasteiger partial charge on any atom is 0.181 e. The Kier molecular flexibility index (Phi) is 2.23. The molecule has 1 heterocycles. The van der Waals surface area contributed by atoms with Gasteiger partial charge in [0.15, 0.2) is 6.39 Å². The largest absolute Gasteiger partial charge is 0.507 e. The number of aryl methyl sites for hydroxylation is 1. The van der Waals surface area contributed by atoms with Gasteiger partial charge in [0.05, 0.1) is 0 Å². The number of aromatic nitrogens is 1. The Labute approximate surface area is 82.0 Å². The lowest BCUT2D eigenvalue weighted by Crippen LogP contribution is -1.84. The Hall–Kier alpha value is -1.77. The number of rotatable bonds is 2. The van der Waals surface area contributed by atoms with Crippen molar-refractivity contribution < 1.29 is 9.52 Å². The lowest BCUT2D eigenvalue weighted by molar-refractivity contribution is 0.476. The molecule has 2 aromatic rings.